The molecule has 0 heterocycles. The van der Waals surface area contributed by atoms with Crippen LogP contribution in [0.5, 0.6) is 5.75 Å². The van der Waals surface area contributed by atoms with Gasteiger partial charge in [0.25, 0.3) is 0 Å². The first-order valence-electron chi connectivity index (χ1n) is 6.16. The highest BCUT2D eigenvalue weighted by Gasteiger charge is 2.10. The van der Waals surface area contributed by atoms with Crippen molar-refractivity contribution in [3.8, 4) is 5.75 Å². The average molecular weight is 240 g/mol. The Morgan fingerprint density at radius 1 is 1.00 bits per heavy atom. The summed E-state index contributed by atoms with van der Waals surface area (Å²) in [7, 11) is 0. The molecule has 0 N–H and O–H groups in total. The summed E-state index contributed by atoms with van der Waals surface area (Å²) in [6.07, 6.45) is 1.94. The van der Waals surface area contributed by atoms with Gasteiger partial charge in [-0.2, -0.15) is 0 Å². The van der Waals surface area contributed by atoms with Crippen LogP contribution >= 0.6 is 0 Å². The van der Waals surface area contributed by atoms with Crippen molar-refractivity contribution in [3.05, 3.63) is 65.7 Å². The second-order valence-electron chi connectivity index (χ2n) is 4.11. The molecule has 0 radical (unpaired) electrons. The SMILES string of the molecule is CCCc1ccccc1OC(=O)c1ccccc1. The third kappa shape index (κ3) is 2.98. The van der Waals surface area contributed by atoms with Crippen LogP contribution in [0.25, 0.3) is 0 Å². The molecule has 0 bridgehead atoms. The van der Waals surface area contributed by atoms with Crippen molar-refractivity contribution >= 4 is 5.97 Å². The molecule has 2 nitrogen and oxygen atoms in total. The molecule has 0 amide bonds. The maximum Gasteiger partial charge on any atom is 0.343 e. The van der Waals surface area contributed by atoms with Crippen LogP contribution in [0.4, 0.5) is 0 Å². The summed E-state index contributed by atoms with van der Waals surface area (Å²) in [6, 6.07) is 16.7. The molecule has 0 aliphatic heterocycles. The molecular formula is C16H16O2. The number of rotatable bonds is 4. The van der Waals surface area contributed by atoms with E-state index < -0.39 is 0 Å². The van der Waals surface area contributed by atoms with E-state index in [9.17, 15) is 4.79 Å². The molecule has 0 atom stereocenters. The van der Waals surface area contributed by atoms with Crippen LogP contribution in [0, 0.1) is 0 Å². The lowest BCUT2D eigenvalue weighted by Gasteiger charge is -2.09. The molecule has 0 aromatic heterocycles. The van der Waals surface area contributed by atoms with Crippen molar-refractivity contribution < 1.29 is 9.53 Å². The molecule has 2 heteroatoms. The summed E-state index contributed by atoms with van der Waals surface area (Å²) in [5, 5.41) is 0. The normalized spacial score (nSPS) is 10.1. The van der Waals surface area contributed by atoms with Crippen molar-refractivity contribution in [2.75, 3.05) is 0 Å². The van der Waals surface area contributed by atoms with Gasteiger partial charge in [-0.05, 0) is 30.2 Å². The molecule has 0 saturated heterocycles. The highest BCUT2D eigenvalue weighted by atomic mass is 16.5. The molecule has 2 aromatic carbocycles. The largest absolute Gasteiger partial charge is 0.423 e. The Kier molecular flexibility index (Phi) is 4.13. The number of carbonyl (C=O) groups is 1. The summed E-state index contributed by atoms with van der Waals surface area (Å²) in [5.74, 6) is 0.354. The highest BCUT2D eigenvalue weighted by Crippen LogP contribution is 2.20. The van der Waals surface area contributed by atoms with Crippen molar-refractivity contribution in [3.63, 3.8) is 0 Å². The van der Waals surface area contributed by atoms with Crippen LogP contribution < -0.4 is 4.74 Å². The fourth-order valence-corrected chi connectivity index (χ4v) is 1.81. The van der Waals surface area contributed by atoms with E-state index >= 15 is 0 Å². The third-order valence-corrected chi connectivity index (χ3v) is 2.70. The Morgan fingerprint density at radius 2 is 1.67 bits per heavy atom. The number of benzene rings is 2. The fourth-order valence-electron chi connectivity index (χ4n) is 1.81. The zero-order chi connectivity index (χ0) is 12.8. The lowest BCUT2D eigenvalue weighted by molar-refractivity contribution is 0.0733. The van der Waals surface area contributed by atoms with Gasteiger partial charge in [0.15, 0.2) is 0 Å². The standard InChI is InChI=1S/C16H16O2/c1-2-8-13-9-6-7-12-15(13)18-16(17)14-10-4-3-5-11-14/h3-7,9-12H,2,8H2,1H3. The molecule has 18 heavy (non-hydrogen) atoms. The smallest absolute Gasteiger partial charge is 0.343 e. The summed E-state index contributed by atoms with van der Waals surface area (Å²) in [5.41, 5.74) is 1.65. The van der Waals surface area contributed by atoms with Gasteiger partial charge in [0.2, 0.25) is 0 Å². The van der Waals surface area contributed by atoms with Gasteiger partial charge in [-0.1, -0.05) is 49.7 Å². The Labute approximate surface area is 107 Å². The summed E-state index contributed by atoms with van der Waals surface area (Å²) < 4.78 is 5.45. The molecule has 92 valence electrons. The van der Waals surface area contributed by atoms with Crippen LogP contribution in [0.2, 0.25) is 0 Å². The van der Waals surface area contributed by atoms with Gasteiger partial charge < -0.3 is 4.74 Å². The van der Waals surface area contributed by atoms with Gasteiger partial charge in [0.05, 0.1) is 5.56 Å². The minimum atomic E-state index is -0.306. The van der Waals surface area contributed by atoms with Crippen LogP contribution in [0.15, 0.2) is 54.6 Å². The maximum atomic E-state index is 11.9. The molecule has 0 saturated carbocycles. The predicted octanol–water partition coefficient (Wildman–Crippen LogP) is 3.86. The second-order valence-corrected chi connectivity index (χ2v) is 4.11. The van der Waals surface area contributed by atoms with E-state index in [-0.39, 0.29) is 5.97 Å². The minimum absolute atomic E-state index is 0.306. The summed E-state index contributed by atoms with van der Waals surface area (Å²) >= 11 is 0. The van der Waals surface area contributed by atoms with E-state index in [0.29, 0.717) is 11.3 Å². The van der Waals surface area contributed by atoms with E-state index in [0.717, 1.165) is 18.4 Å². The zero-order valence-electron chi connectivity index (χ0n) is 10.4. The van der Waals surface area contributed by atoms with Crippen molar-refractivity contribution in [1.82, 2.24) is 0 Å². The minimum Gasteiger partial charge on any atom is -0.423 e. The first-order valence-corrected chi connectivity index (χ1v) is 6.16. The van der Waals surface area contributed by atoms with Gasteiger partial charge in [0, 0.05) is 0 Å². The highest BCUT2D eigenvalue weighted by molar-refractivity contribution is 5.91. The quantitative estimate of drug-likeness (QED) is 0.599. The number of aryl methyl sites for hydroxylation is 1. The number of ether oxygens (including phenoxy) is 1. The monoisotopic (exact) mass is 240 g/mol. The molecule has 0 aliphatic carbocycles. The first-order chi connectivity index (χ1) is 8.81. The van der Waals surface area contributed by atoms with Gasteiger partial charge in [-0.25, -0.2) is 4.79 Å². The lowest BCUT2D eigenvalue weighted by atomic mass is 10.1. The topological polar surface area (TPSA) is 26.3 Å². The van der Waals surface area contributed by atoms with E-state index in [2.05, 4.69) is 6.92 Å². The molecule has 0 unspecified atom stereocenters. The summed E-state index contributed by atoms with van der Waals surface area (Å²) in [4.78, 5) is 11.9. The van der Waals surface area contributed by atoms with Crippen LogP contribution in [0.1, 0.15) is 29.3 Å². The van der Waals surface area contributed by atoms with Gasteiger partial charge in [0.1, 0.15) is 5.75 Å². The van der Waals surface area contributed by atoms with Crippen molar-refractivity contribution in [2.24, 2.45) is 0 Å². The van der Waals surface area contributed by atoms with E-state index in [1.54, 1.807) is 12.1 Å². The molecule has 0 spiro atoms. The van der Waals surface area contributed by atoms with Crippen LogP contribution in [-0.4, -0.2) is 5.97 Å². The average Bonchev–Trinajstić information content (AvgIpc) is 2.42. The first kappa shape index (κ1) is 12.4. The molecular weight excluding hydrogens is 224 g/mol. The number of carbonyl (C=O) groups excluding carboxylic acids is 1. The van der Waals surface area contributed by atoms with Gasteiger partial charge in [-0.15, -0.1) is 0 Å². The summed E-state index contributed by atoms with van der Waals surface area (Å²) in [6.45, 7) is 2.11. The van der Waals surface area contributed by atoms with Crippen LogP contribution in [0.3, 0.4) is 0 Å². The van der Waals surface area contributed by atoms with Crippen molar-refractivity contribution in [2.45, 2.75) is 19.8 Å². The predicted molar refractivity (Wildman–Crippen MR) is 71.8 cm³/mol. The Morgan fingerprint density at radius 3 is 2.39 bits per heavy atom. The lowest BCUT2D eigenvalue weighted by Crippen LogP contribution is -2.09. The van der Waals surface area contributed by atoms with Gasteiger partial charge >= 0.3 is 5.97 Å². The number of hydrogen-bond acceptors (Lipinski definition) is 2. The Bertz CT molecular complexity index is 518. The number of para-hydroxylation sites is 1. The van der Waals surface area contributed by atoms with Gasteiger partial charge in [-0.3, -0.25) is 0 Å². The van der Waals surface area contributed by atoms with Crippen molar-refractivity contribution in [1.29, 1.82) is 0 Å². The Balaban J connectivity index is 2.17. The maximum absolute atomic E-state index is 11.9. The molecule has 0 aliphatic rings. The van der Waals surface area contributed by atoms with E-state index in [4.69, 9.17) is 4.74 Å². The second kappa shape index (κ2) is 6.01. The molecule has 2 rings (SSSR count). The third-order valence-electron chi connectivity index (χ3n) is 2.70. The van der Waals surface area contributed by atoms with Crippen LogP contribution in [-0.2, 0) is 6.42 Å². The van der Waals surface area contributed by atoms with E-state index in [1.165, 1.54) is 0 Å². The molecule has 0 fully saturated rings. The number of esters is 1. The Hall–Kier alpha value is -2.09. The molecule has 2 aromatic rings. The number of hydrogen-bond donors (Lipinski definition) is 0. The fraction of sp³-hybridized carbons (Fsp3) is 0.188. The van der Waals surface area contributed by atoms with E-state index in [1.807, 2.05) is 42.5 Å². The zero-order valence-corrected chi connectivity index (χ0v) is 10.4.